The Balaban J connectivity index is 2.04. The van der Waals surface area contributed by atoms with Gasteiger partial charge in [-0.2, -0.15) is 0 Å². The third-order valence-corrected chi connectivity index (χ3v) is 3.62. The molecule has 0 bridgehead atoms. The van der Waals surface area contributed by atoms with Crippen molar-refractivity contribution in [3.63, 3.8) is 0 Å². The van der Waals surface area contributed by atoms with Crippen LogP contribution in [0.5, 0.6) is 11.5 Å². The van der Waals surface area contributed by atoms with Crippen molar-refractivity contribution in [2.45, 2.75) is 26.9 Å². The Bertz CT molecular complexity index is 715. The molecule has 0 aromatic heterocycles. The molecule has 0 atom stereocenters. The number of benzene rings is 2. The summed E-state index contributed by atoms with van der Waals surface area (Å²) in [5.74, 6) is 1.26. The number of urea groups is 1. The van der Waals surface area contributed by atoms with Crippen LogP contribution < -0.4 is 20.1 Å². The van der Waals surface area contributed by atoms with Gasteiger partial charge in [0.15, 0.2) is 0 Å². The minimum Gasteiger partial charge on any atom is -0.495 e. The number of aryl methyl sites for hydroxylation is 1. The van der Waals surface area contributed by atoms with Gasteiger partial charge in [-0.05, 0) is 56.7 Å². The zero-order valence-electron chi connectivity index (χ0n) is 14.1. The van der Waals surface area contributed by atoms with Crippen LogP contribution in [0.4, 0.5) is 16.2 Å². The monoisotopic (exact) mass is 348 g/mol. The Labute approximate surface area is 146 Å². The number of amides is 2. The molecule has 0 fully saturated rings. The molecule has 0 aliphatic carbocycles. The Morgan fingerprint density at radius 3 is 2.38 bits per heavy atom. The van der Waals surface area contributed by atoms with Crippen LogP contribution in [0.1, 0.15) is 19.4 Å². The second kappa shape index (κ2) is 7.93. The normalized spacial score (nSPS) is 10.4. The molecular weight excluding hydrogens is 328 g/mol. The molecule has 5 nitrogen and oxygen atoms in total. The smallest absolute Gasteiger partial charge is 0.323 e. The van der Waals surface area contributed by atoms with E-state index in [2.05, 4.69) is 10.6 Å². The predicted molar refractivity (Wildman–Crippen MR) is 97.6 cm³/mol. The molecule has 0 aliphatic rings. The lowest BCUT2D eigenvalue weighted by molar-refractivity contribution is 0.242. The number of hydrogen-bond acceptors (Lipinski definition) is 3. The summed E-state index contributed by atoms with van der Waals surface area (Å²) < 4.78 is 10.8. The number of methoxy groups -OCH3 is 1. The van der Waals surface area contributed by atoms with E-state index in [0.717, 1.165) is 11.3 Å². The van der Waals surface area contributed by atoms with Crippen molar-refractivity contribution in [2.24, 2.45) is 0 Å². The summed E-state index contributed by atoms with van der Waals surface area (Å²) in [5, 5.41) is 6.10. The first kappa shape index (κ1) is 17.9. The Morgan fingerprint density at radius 2 is 1.79 bits per heavy atom. The van der Waals surface area contributed by atoms with Gasteiger partial charge in [-0.25, -0.2) is 4.79 Å². The summed E-state index contributed by atoms with van der Waals surface area (Å²) in [6, 6.07) is 10.2. The number of carbonyl (C=O) groups excluding carboxylic acids is 1. The standard InChI is InChI=1S/C18H21ClN2O3/c1-11(2)24-14-7-5-13(6-8-14)20-18(22)21-16-9-12(3)15(19)10-17(16)23-4/h5-11H,1-4H3,(H2,20,21,22). The summed E-state index contributed by atoms with van der Waals surface area (Å²) in [6.45, 7) is 5.78. The van der Waals surface area contributed by atoms with Gasteiger partial charge in [0.05, 0.1) is 18.9 Å². The Kier molecular flexibility index (Phi) is 5.93. The molecule has 0 radical (unpaired) electrons. The Hall–Kier alpha value is -2.40. The fourth-order valence-electron chi connectivity index (χ4n) is 2.10. The molecule has 0 spiro atoms. The van der Waals surface area contributed by atoms with Gasteiger partial charge in [0, 0.05) is 16.8 Å². The maximum Gasteiger partial charge on any atom is 0.323 e. The average Bonchev–Trinajstić information content (AvgIpc) is 2.52. The predicted octanol–water partition coefficient (Wildman–Crippen LogP) is 5.09. The van der Waals surface area contributed by atoms with Crippen molar-refractivity contribution in [1.82, 2.24) is 0 Å². The van der Waals surface area contributed by atoms with Gasteiger partial charge in [0.2, 0.25) is 0 Å². The van der Waals surface area contributed by atoms with Gasteiger partial charge in [-0.15, -0.1) is 0 Å². The number of anilines is 2. The fourth-order valence-corrected chi connectivity index (χ4v) is 2.26. The van der Waals surface area contributed by atoms with Crippen LogP contribution in [-0.2, 0) is 0 Å². The van der Waals surface area contributed by atoms with Crippen LogP contribution in [0.25, 0.3) is 0 Å². The number of halogens is 1. The molecule has 2 aromatic carbocycles. The zero-order valence-corrected chi connectivity index (χ0v) is 14.9. The molecule has 6 heteroatoms. The topological polar surface area (TPSA) is 59.6 Å². The summed E-state index contributed by atoms with van der Waals surface area (Å²) in [4.78, 5) is 12.2. The van der Waals surface area contributed by atoms with Crippen molar-refractivity contribution in [2.75, 3.05) is 17.7 Å². The van der Waals surface area contributed by atoms with E-state index < -0.39 is 0 Å². The van der Waals surface area contributed by atoms with Crippen molar-refractivity contribution in [1.29, 1.82) is 0 Å². The van der Waals surface area contributed by atoms with E-state index in [4.69, 9.17) is 21.1 Å². The third kappa shape index (κ3) is 4.80. The quantitative estimate of drug-likeness (QED) is 0.791. The number of ether oxygens (including phenoxy) is 2. The third-order valence-electron chi connectivity index (χ3n) is 3.21. The highest BCUT2D eigenvalue weighted by Crippen LogP contribution is 2.31. The molecule has 2 aromatic rings. The maximum atomic E-state index is 12.2. The SMILES string of the molecule is COc1cc(Cl)c(C)cc1NC(=O)Nc1ccc(OC(C)C)cc1. The molecule has 24 heavy (non-hydrogen) atoms. The van der Waals surface area contributed by atoms with E-state index in [1.54, 1.807) is 24.3 Å². The first-order chi connectivity index (χ1) is 11.4. The summed E-state index contributed by atoms with van der Waals surface area (Å²) in [7, 11) is 1.53. The highest BCUT2D eigenvalue weighted by Gasteiger charge is 2.10. The van der Waals surface area contributed by atoms with Crippen LogP contribution in [-0.4, -0.2) is 19.2 Å². The van der Waals surface area contributed by atoms with Gasteiger partial charge in [-0.1, -0.05) is 11.6 Å². The average molecular weight is 349 g/mol. The lowest BCUT2D eigenvalue weighted by Crippen LogP contribution is -2.20. The van der Waals surface area contributed by atoms with Crippen LogP contribution in [0.2, 0.25) is 5.02 Å². The van der Waals surface area contributed by atoms with Crippen molar-refractivity contribution >= 4 is 29.0 Å². The maximum absolute atomic E-state index is 12.2. The van der Waals surface area contributed by atoms with E-state index in [-0.39, 0.29) is 12.1 Å². The van der Waals surface area contributed by atoms with Crippen LogP contribution in [0, 0.1) is 6.92 Å². The lowest BCUT2D eigenvalue weighted by atomic mass is 10.2. The summed E-state index contributed by atoms with van der Waals surface area (Å²) >= 11 is 6.06. The van der Waals surface area contributed by atoms with Gasteiger partial charge >= 0.3 is 6.03 Å². The van der Waals surface area contributed by atoms with E-state index in [9.17, 15) is 4.79 Å². The molecular formula is C18H21ClN2O3. The molecule has 2 N–H and O–H groups in total. The minimum atomic E-state index is -0.368. The van der Waals surface area contributed by atoms with Crippen molar-refractivity contribution in [3.05, 3.63) is 47.0 Å². The van der Waals surface area contributed by atoms with E-state index in [0.29, 0.717) is 22.1 Å². The van der Waals surface area contributed by atoms with Gasteiger partial charge < -0.3 is 20.1 Å². The lowest BCUT2D eigenvalue weighted by Gasteiger charge is -2.13. The second-order valence-corrected chi connectivity index (χ2v) is 5.98. The molecule has 2 amide bonds. The van der Waals surface area contributed by atoms with Gasteiger partial charge in [0.1, 0.15) is 11.5 Å². The highest BCUT2D eigenvalue weighted by atomic mass is 35.5. The number of carbonyl (C=O) groups is 1. The minimum absolute atomic E-state index is 0.104. The summed E-state index contributed by atoms with van der Waals surface area (Å²) in [5.41, 5.74) is 2.06. The fraction of sp³-hybridized carbons (Fsp3) is 0.278. The summed E-state index contributed by atoms with van der Waals surface area (Å²) in [6.07, 6.45) is 0.104. The Morgan fingerprint density at radius 1 is 1.12 bits per heavy atom. The van der Waals surface area contributed by atoms with Crippen LogP contribution in [0.15, 0.2) is 36.4 Å². The zero-order chi connectivity index (χ0) is 17.7. The number of nitrogens with one attached hydrogen (secondary N) is 2. The molecule has 2 rings (SSSR count). The van der Waals surface area contributed by atoms with Crippen molar-refractivity contribution < 1.29 is 14.3 Å². The largest absolute Gasteiger partial charge is 0.495 e. The molecule has 0 saturated heterocycles. The van der Waals surface area contributed by atoms with Crippen molar-refractivity contribution in [3.8, 4) is 11.5 Å². The molecule has 0 saturated carbocycles. The molecule has 0 aliphatic heterocycles. The molecule has 0 unspecified atom stereocenters. The number of rotatable bonds is 5. The molecule has 0 heterocycles. The van der Waals surface area contributed by atoms with Gasteiger partial charge in [-0.3, -0.25) is 0 Å². The van der Waals surface area contributed by atoms with E-state index >= 15 is 0 Å². The van der Waals surface area contributed by atoms with Crippen LogP contribution in [0.3, 0.4) is 0 Å². The highest BCUT2D eigenvalue weighted by molar-refractivity contribution is 6.31. The van der Waals surface area contributed by atoms with Crippen LogP contribution >= 0.6 is 11.6 Å². The number of hydrogen-bond donors (Lipinski definition) is 2. The molecule has 128 valence electrons. The first-order valence-electron chi connectivity index (χ1n) is 7.58. The van der Waals surface area contributed by atoms with E-state index in [1.165, 1.54) is 7.11 Å². The second-order valence-electron chi connectivity index (χ2n) is 5.57. The van der Waals surface area contributed by atoms with Gasteiger partial charge in [0.25, 0.3) is 0 Å². The van der Waals surface area contributed by atoms with E-state index in [1.807, 2.05) is 32.9 Å². The first-order valence-corrected chi connectivity index (χ1v) is 7.95.